The van der Waals surface area contributed by atoms with Crippen molar-refractivity contribution in [3.05, 3.63) is 89.1 Å². The van der Waals surface area contributed by atoms with Crippen LogP contribution in [0.4, 0.5) is 24.7 Å². The standard InChI is InChI=1S/C29H29F3N4O2/c1-19(22-14-23(29(30,31)32)16-25(15-22)38-18-21-6-4-3-5-7-21)33-28-27-17-24(36-10-12-37-13-11-36)8-9-26(27)20(2)34-35-28/h3-9,14-17,19H,10-13,18H2,1-2H3,(H,33,35). The molecule has 1 aliphatic heterocycles. The molecule has 1 fully saturated rings. The number of halogens is 3. The molecule has 0 radical (unpaired) electrons. The van der Waals surface area contributed by atoms with E-state index in [0.717, 1.165) is 52.9 Å². The van der Waals surface area contributed by atoms with Gasteiger partial charge in [-0.2, -0.15) is 18.3 Å². The molecule has 1 aliphatic rings. The Balaban J connectivity index is 1.45. The molecule has 1 aromatic heterocycles. The van der Waals surface area contributed by atoms with Crippen LogP contribution in [0.1, 0.15) is 35.3 Å². The molecular formula is C29H29F3N4O2. The van der Waals surface area contributed by atoms with Crippen molar-refractivity contribution in [1.29, 1.82) is 0 Å². The second kappa shape index (κ2) is 10.9. The third-order valence-corrected chi connectivity index (χ3v) is 6.68. The molecule has 4 aromatic rings. The summed E-state index contributed by atoms with van der Waals surface area (Å²) in [5, 5.41) is 13.7. The minimum atomic E-state index is -4.51. The molecule has 1 N–H and O–H groups in total. The maximum Gasteiger partial charge on any atom is 0.416 e. The molecule has 0 spiro atoms. The number of ether oxygens (including phenoxy) is 2. The van der Waals surface area contributed by atoms with Gasteiger partial charge in [-0.3, -0.25) is 0 Å². The van der Waals surface area contributed by atoms with Crippen LogP contribution in [0, 0.1) is 6.92 Å². The summed E-state index contributed by atoms with van der Waals surface area (Å²) in [6.45, 7) is 6.77. The molecule has 9 heteroatoms. The number of anilines is 2. The number of nitrogens with one attached hydrogen (secondary N) is 1. The van der Waals surface area contributed by atoms with E-state index in [4.69, 9.17) is 9.47 Å². The Kier molecular flexibility index (Phi) is 7.37. The van der Waals surface area contributed by atoms with E-state index in [1.165, 1.54) is 0 Å². The van der Waals surface area contributed by atoms with Crippen molar-refractivity contribution in [3.8, 4) is 5.75 Å². The van der Waals surface area contributed by atoms with Gasteiger partial charge >= 0.3 is 6.18 Å². The van der Waals surface area contributed by atoms with Gasteiger partial charge in [-0.1, -0.05) is 36.4 Å². The van der Waals surface area contributed by atoms with E-state index in [1.807, 2.05) is 43.3 Å². The van der Waals surface area contributed by atoms with Crippen molar-refractivity contribution in [3.63, 3.8) is 0 Å². The highest BCUT2D eigenvalue weighted by Gasteiger charge is 2.32. The Hall–Kier alpha value is -3.85. The number of hydrogen-bond acceptors (Lipinski definition) is 6. The van der Waals surface area contributed by atoms with Gasteiger partial charge in [0, 0.05) is 29.5 Å². The topological polar surface area (TPSA) is 59.5 Å². The summed E-state index contributed by atoms with van der Waals surface area (Å²) in [4.78, 5) is 2.25. The van der Waals surface area contributed by atoms with E-state index in [-0.39, 0.29) is 12.4 Å². The van der Waals surface area contributed by atoms with Crippen LogP contribution < -0.4 is 15.0 Å². The third kappa shape index (κ3) is 5.83. The molecule has 1 unspecified atom stereocenters. The van der Waals surface area contributed by atoms with Gasteiger partial charge in [-0.15, -0.1) is 5.10 Å². The lowest BCUT2D eigenvalue weighted by Crippen LogP contribution is -2.36. The molecule has 0 saturated carbocycles. The number of morpholine rings is 1. The molecule has 0 amide bonds. The lowest BCUT2D eigenvalue weighted by Gasteiger charge is -2.29. The second-order valence-electron chi connectivity index (χ2n) is 9.39. The lowest BCUT2D eigenvalue weighted by atomic mass is 10.0. The van der Waals surface area contributed by atoms with E-state index in [1.54, 1.807) is 13.0 Å². The summed E-state index contributed by atoms with van der Waals surface area (Å²) in [6.07, 6.45) is -4.51. The van der Waals surface area contributed by atoms with E-state index in [9.17, 15) is 13.2 Å². The highest BCUT2D eigenvalue weighted by molar-refractivity contribution is 5.95. The van der Waals surface area contributed by atoms with Crippen LogP contribution >= 0.6 is 0 Å². The maximum absolute atomic E-state index is 13.8. The summed E-state index contributed by atoms with van der Waals surface area (Å²) in [6, 6.07) is 18.8. The van der Waals surface area contributed by atoms with Crippen molar-refractivity contribution < 1.29 is 22.6 Å². The Morgan fingerprint density at radius 1 is 0.974 bits per heavy atom. The van der Waals surface area contributed by atoms with E-state index in [2.05, 4.69) is 32.5 Å². The van der Waals surface area contributed by atoms with Crippen LogP contribution in [-0.2, 0) is 17.5 Å². The zero-order valence-electron chi connectivity index (χ0n) is 21.3. The van der Waals surface area contributed by atoms with Crippen molar-refractivity contribution in [2.45, 2.75) is 32.7 Å². The number of nitrogens with zero attached hydrogens (tertiary/aromatic N) is 3. The fourth-order valence-electron chi connectivity index (χ4n) is 4.55. The molecule has 0 aliphatic carbocycles. The first-order valence-electron chi connectivity index (χ1n) is 12.5. The van der Waals surface area contributed by atoms with Crippen molar-refractivity contribution in [1.82, 2.24) is 10.2 Å². The molecule has 5 rings (SSSR count). The Morgan fingerprint density at radius 3 is 2.47 bits per heavy atom. The van der Waals surface area contributed by atoms with Gasteiger partial charge in [-0.25, -0.2) is 0 Å². The highest BCUT2D eigenvalue weighted by Crippen LogP contribution is 2.36. The zero-order valence-corrected chi connectivity index (χ0v) is 21.3. The average Bonchev–Trinajstić information content (AvgIpc) is 2.93. The van der Waals surface area contributed by atoms with E-state index >= 15 is 0 Å². The van der Waals surface area contributed by atoms with Crippen molar-refractivity contribution in [2.75, 3.05) is 36.5 Å². The van der Waals surface area contributed by atoms with Crippen LogP contribution in [0.3, 0.4) is 0 Å². The zero-order chi connectivity index (χ0) is 26.7. The van der Waals surface area contributed by atoms with Gasteiger partial charge in [0.2, 0.25) is 0 Å². The van der Waals surface area contributed by atoms with Crippen LogP contribution in [0.25, 0.3) is 10.8 Å². The van der Waals surface area contributed by atoms with E-state index in [0.29, 0.717) is 24.6 Å². The smallest absolute Gasteiger partial charge is 0.416 e. The molecule has 1 saturated heterocycles. The molecule has 3 aromatic carbocycles. The quantitative estimate of drug-likeness (QED) is 0.297. The molecule has 0 bridgehead atoms. The predicted molar refractivity (Wildman–Crippen MR) is 142 cm³/mol. The minimum absolute atomic E-state index is 0.154. The first-order chi connectivity index (χ1) is 18.3. The summed E-state index contributed by atoms with van der Waals surface area (Å²) in [5.74, 6) is 0.666. The average molecular weight is 523 g/mol. The van der Waals surface area contributed by atoms with E-state index < -0.39 is 17.8 Å². The van der Waals surface area contributed by atoms with Gasteiger partial charge in [0.1, 0.15) is 12.4 Å². The number of fused-ring (bicyclic) bond motifs is 1. The molecule has 38 heavy (non-hydrogen) atoms. The molecule has 2 heterocycles. The van der Waals surface area contributed by atoms with Crippen molar-refractivity contribution >= 4 is 22.3 Å². The van der Waals surface area contributed by atoms with Gasteiger partial charge in [-0.05, 0) is 55.3 Å². The van der Waals surface area contributed by atoms with Crippen molar-refractivity contribution in [2.24, 2.45) is 0 Å². The summed E-state index contributed by atoms with van der Waals surface area (Å²) in [5.41, 5.74) is 2.36. The lowest BCUT2D eigenvalue weighted by molar-refractivity contribution is -0.137. The number of hydrogen-bond donors (Lipinski definition) is 1. The fraction of sp³-hybridized carbons (Fsp3) is 0.310. The molecule has 1 atom stereocenters. The summed E-state index contributed by atoms with van der Waals surface area (Å²) in [7, 11) is 0. The molecular weight excluding hydrogens is 493 g/mol. The largest absolute Gasteiger partial charge is 0.489 e. The molecule has 6 nitrogen and oxygen atoms in total. The summed E-state index contributed by atoms with van der Waals surface area (Å²) < 4.78 is 52.5. The fourth-order valence-corrected chi connectivity index (χ4v) is 4.55. The number of rotatable bonds is 7. The Morgan fingerprint density at radius 2 is 1.74 bits per heavy atom. The monoisotopic (exact) mass is 522 g/mol. The normalized spacial score (nSPS) is 14.9. The third-order valence-electron chi connectivity index (χ3n) is 6.68. The Bertz CT molecular complexity index is 1410. The van der Waals surface area contributed by atoms with Crippen LogP contribution in [0.5, 0.6) is 5.75 Å². The summed E-state index contributed by atoms with van der Waals surface area (Å²) >= 11 is 0. The minimum Gasteiger partial charge on any atom is -0.489 e. The van der Waals surface area contributed by atoms with Gasteiger partial charge < -0.3 is 19.7 Å². The van der Waals surface area contributed by atoms with Gasteiger partial charge in [0.15, 0.2) is 5.82 Å². The Labute approximate surface area is 219 Å². The van der Waals surface area contributed by atoms with Gasteiger partial charge in [0.05, 0.1) is 30.5 Å². The molecule has 198 valence electrons. The number of aromatic nitrogens is 2. The number of benzene rings is 3. The number of aryl methyl sites for hydroxylation is 1. The maximum atomic E-state index is 13.8. The predicted octanol–water partition coefficient (Wildman–Crippen LogP) is 6.55. The highest BCUT2D eigenvalue weighted by atomic mass is 19.4. The first kappa shape index (κ1) is 25.8. The first-order valence-corrected chi connectivity index (χ1v) is 12.5. The van der Waals surface area contributed by atoms with Gasteiger partial charge in [0.25, 0.3) is 0 Å². The SMILES string of the molecule is Cc1nnc(NC(C)c2cc(OCc3ccccc3)cc(C(F)(F)F)c2)c2cc(N3CCOCC3)ccc12. The number of alkyl halides is 3. The second-order valence-corrected chi connectivity index (χ2v) is 9.39. The van der Waals surface area contributed by atoms with Crippen LogP contribution in [-0.4, -0.2) is 36.5 Å². The van der Waals surface area contributed by atoms with Crippen LogP contribution in [0.15, 0.2) is 66.7 Å². The van der Waals surface area contributed by atoms with Crippen LogP contribution in [0.2, 0.25) is 0 Å².